The second kappa shape index (κ2) is 4.91. The number of rotatable bonds is 5. The van der Waals surface area contributed by atoms with Crippen molar-refractivity contribution in [3.05, 3.63) is 11.4 Å². The third-order valence-corrected chi connectivity index (χ3v) is 2.33. The molecule has 0 spiro atoms. The Labute approximate surface area is 89.1 Å². The molecule has 1 N–H and O–H groups in total. The minimum Gasteiger partial charge on any atom is -0.481 e. The summed E-state index contributed by atoms with van der Waals surface area (Å²) in [5, 5.41) is 16.6. The molecule has 5 heteroatoms. The number of hydrogen-bond acceptors (Lipinski definition) is 3. The largest absolute Gasteiger partial charge is 0.481 e. The number of aryl methyl sites for hydroxylation is 1. The van der Waals surface area contributed by atoms with Gasteiger partial charge in [-0.15, -0.1) is 5.10 Å². The van der Waals surface area contributed by atoms with Gasteiger partial charge in [-0.2, -0.15) is 0 Å². The van der Waals surface area contributed by atoms with Crippen LogP contribution in [0.4, 0.5) is 0 Å². The van der Waals surface area contributed by atoms with Crippen LogP contribution in [-0.4, -0.2) is 26.1 Å². The van der Waals surface area contributed by atoms with Gasteiger partial charge in [0.1, 0.15) is 0 Å². The molecule has 0 aliphatic heterocycles. The maximum absolute atomic E-state index is 10.3. The lowest BCUT2D eigenvalue weighted by Crippen LogP contribution is -2.05. The van der Waals surface area contributed by atoms with Crippen molar-refractivity contribution in [3.8, 4) is 0 Å². The molecule has 0 fully saturated rings. The summed E-state index contributed by atoms with van der Waals surface area (Å²) in [4.78, 5) is 10.3. The van der Waals surface area contributed by atoms with E-state index in [1.807, 2.05) is 6.92 Å². The van der Waals surface area contributed by atoms with E-state index in [1.54, 1.807) is 4.68 Å². The first-order valence-electron chi connectivity index (χ1n) is 5.14. The third-order valence-electron chi connectivity index (χ3n) is 2.33. The molecule has 84 valence electrons. The topological polar surface area (TPSA) is 68.0 Å². The Morgan fingerprint density at radius 2 is 2.20 bits per heavy atom. The number of carboxylic acids is 1. The summed E-state index contributed by atoms with van der Waals surface area (Å²) in [6.07, 6.45) is 0.771. The Morgan fingerprint density at radius 1 is 1.53 bits per heavy atom. The minimum atomic E-state index is -0.767. The van der Waals surface area contributed by atoms with Crippen molar-refractivity contribution >= 4 is 5.97 Å². The van der Waals surface area contributed by atoms with Gasteiger partial charge in [0.05, 0.1) is 11.4 Å². The summed E-state index contributed by atoms with van der Waals surface area (Å²) in [6.45, 7) is 6.73. The first kappa shape index (κ1) is 11.7. The van der Waals surface area contributed by atoms with Crippen LogP contribution in [0, 0.1) is 6.92 Å². The molecule has 0 aromatic carbocycles. The molecule has 0 aliphatic carbocycles. The van der Waals surface area contributed by atoms with E-state index in [0.717, 1.165) is 11.4 Å². The fraction of sp³-hybridized carbons (Fsp3) is 0.700. The van der Waals surface area contributed by atoms with Gasteiger partial charge >= 0.3 is 5.97 Å². The summed E-state index contributed by atoms with van der Waals surface area (Å²) in [5.74, 6) is -0.407. The quantitative estimate of drug-likeness (QED) is 0.802. The van der Waals surface area contributed by atoms with Gasteiger partial charge in [-0.25, -0.2) is 4.68 Å². The van der Waals surface area contributed by atoms with E-state index in [2.05, 4.69) is 24.2 Å². The van der Waals surface area contributed by atoms with Crippen molar-refractivity contribution < 1.29 is 9.90 Å². The molecule has 15 heavy (non-hydrogen) atoms. The summed E-state index contributed by atoms with van der Waals surface area (Å²) >= 11 is 0. The first-order valence-corrected chi connectivity index (χ1v) is 5.14. The van der Waals surface area contributed by atoms with Crippen LogP contribution in [0.1, 0.15) is 44.0 Å². The summed E-state index contributed by atoms with van der Waals surface area (Å²) < 4.78 is 1.78. The Bertz CT molecular complexity index is 344. The van der Waals surface area contributed by atoms with Crippen molar-refractivity contribution in [3.63, 3.8) is 0 Å². The van der Waals surface area contributed by atoms with Gasteiger partial charge in [0.25, 0.3) is 0 Å². The highest BCUT2D eigenvalue weighted by molar-refractivity contribution is 5.66. The van der Waals surface area contributed by atoms with E-state index >= 15 is 0 Å². The van der Waals surface area contributed by atoms with Crippen molar-refractivity contribution in [1.29, 1.82) is 0 Å². The fourth-order valence-electron chi connectivity index (χ4n) is 1.50. The number of carboxylic acid groups (broad SMARTS) is 1. The Morgan fingerprint density at radius 3 is 2.67 bits per heavy atom. The zero-order valence-electron chi connectivity index (χ0n) is 9.40. The number of carbonyl (C=O) groups is 1. The summed E-state index contributed by atoms with van der Waals surface area (Å²) in [7, 11) is 0. The zero-order chi connectivity index (χ0) is 11.4. The molecule has 1 aromatic rings. The van der Waals surface area contributed by atoms with Gasteiger partial charge in [0.2, 0.25) is 0 Å². The minimum absolute atomic E-state index is 0.177. The highest BCUT2D eigenvalue weighted by Gasteiger charge is 2.11. The number of nitrogens with zero attached hydrogens (tertiary/aromatic N) is 3. The van der Waals surface area contributed by atoms with Crippen LogP contribution in [0.3, 0.4) is 0 Å². The molecule has 0 unspecified atom stereocenters. The molecule has 5 nitrogen and oxygen atoms in total. The van der Waals surface area contributed by atoms with Crippen LogP contribution in [0.5, 0.6) is 0 Å². The van der Waals surface area contributed by atoms with Crippen LogP contribution in [0.15, 0.2) is 0 Å². The van der Waals surface area contributed by atoms with Crippen molar-refractivity contribution in [2.24, 2.45) is 0 Å². The van der Waals surface area contributed by atoms with Gasteiger partial charge in [-0.3, -0.25) is 4.79 Å². The smallest absolute Gasteiger partial charge is 0.303 e. The van der Waals surface area contributed by atoms with Crippen molar-refractivity contribution in [2.75, 3.05) is 0 Å². The average molecular weight is 211 g/mol. The molecular weight excluding hydrogens is 194 g/mol. The predicted molar refractivity (Wildman–Crippen MR) is 55.7 cm³/mol. The van der Waals surface area contributed by atoms with Crippen molar-refractivity contribution in [1.82, 2.24) is 15.0 Å². The fourth-order valence-corrected chi connectivity index (χ4v) is 1.50. The van der Waals surface area contributed by atoms with E-state index in [0.29, 0.717) is 18.9 Å². The van der Waals surface area contributed by atoms with Crippen molar-refractivity contribution in [2.45, 2.75) is 46.1 Å². The number of hydrogen-bond donors (Lipinski definition) is 1. The molecule has 0 bridgehead atoms. The SMILES string of the molecule is Cc1c(C(C)C)nnn1CCCC(=O)O. The molecule has 0 atom stereocenters. The third kappa shape index (κ3) is 3.04. The molecule has 1 heterocycles. The van der Waals surface area contributed by atoms with Gasteiger partial charge in [0.15, 0.2) is 0 Å². The second-order valence-corrected chi connectivity index (χ2v) is 3.94. The lowest BCUT2D eigenvalue weighted by Gasteiger charge is -2.03. The lowest BCUT2D eigenvalue weighted by atomic mass is 10.1. The van der Waals surface area contributed by atoms with E-state index in [4.69, 9.17) is 5.11 Å². The van der Waals surface area contributed by atoms with Crippen LogP contribution in [-0.2, 0) is 11.3 Å². The monoisotopic (exact) mass is 211 g/mol. The van der Waals surface area contributed by atoms with Gasteiger partial charge in [0, 0.05) is 13.0 Å². The molecule has 0 amide bonds. The predicted octanol–water partition coefficient (Wildman–Crippen LogP) is 1.57. The Hall–Kier alpha value is -1.39. The van der Waals surface area contributed by atoms with Crippen LogP contribution >= 0.6 is 0 Å². The number of aromatic nitrogens is 3. The molecule has 1 aromatic heterocycles. The van der Waals surface area contributed by atoms with Crippen LogP contribution < -0.4 is 0 Å². The van der Waals surface area contributed by atoms with E-state index in [9.17, 15) is 4.79 Å². The van der Waals surface area contributed by atoms with Crippen LogP contribution in [0.2, 0.25) is 0 Å². The maximum Gasteiger partial charge on any atom is 0.303 e. The Kier molecular flexibility index (Phi) is 3.82. The molecule has 0 aliphatic rings. The Balaban J connectivity index is 2.59. The van der Waals surface area contributed by atoms with Gasteiger partial charge in [-0.1, -0.05) is 19.1 Å². The summed E-state index contributed by atoms with van der Waals surface area (Å²) in [6, 6.07) is 0. The van der Waals surface area contributed by atoms with Gasteiger partial charge in [-0.05, 0) is 19.3 Å². The number of aliphatic carboxylic acids is 1. The molecule has 0 radical (unpaired) electrons. The molecular formula is C10H17N3O2. The standard InChI is InChI=1S/C10H17N3O2/c1-7(2)10-8(3)13(12-11-10)6-4-5-9(14)15/h7H,4-6H2,1-3H3,(H,14,15). The molecule has 0 saturated heterocycles. The van der Waals surface area contributed by atoms with E-state index < -0.39 is 5.97 Å². The van der Waals surface area contributed by atoms with Crippen LogP contribution in [0.25, 0.3) is 0 Å². The summed E-state index contributed by atoms with van der Waals surface area (Å²) in [5.41, 5.74) is 2.03. The highest BCUT2D eigenvalue weighted by atomic mass is 16.4. The van der Waals surface area contributed by atoms with E-state index in [1.165, 1.54) is 0 Å². The maximum atomic E-state index is 10.3. The lowest BCUT2D eigenvalue weighted by molar-refractivity contribution is -0.137. The second-order valence-electron chi connectivity index (χ2n) is 3.94. The first-order chi connectivity index (χ1) is 7.02. The highest BCUT2D eigenvalue weighted by Crippen LogP contribution is 2.15. The molecule has 1 rings (SSSR count). The average Bonchev–Trinajstić information content (AvgIpc) is 2.47. The van der Waals surface area contributed by atoms with Gasteiger partial charge < -0.3 is 5.11 Å². The van der Waals surface area contributed by atoms with E-state index in [-0.39, 0.29) is 6.42 Å². The molecule has 0 saturated carbocycles. The normalized spacial score (nSPS) is 10.9. The zero-order valence-corrected chi connectivity index (χ0v) is 9.40.